The Kier molecular flexibility index (Phi) is 5.57. The molecule has 4 heteroatoms. The minimum atomic E-state index is 0.476. The largest absolute Gasteiger partial charge is 0.383 e. The van der Waals surface area contributed by atoms with Crippen LogP contribution >= 0.6 is 0 Å². The van der Waals surface area contributed by atoms with Crippen LogP contribution in [0.2, 0.25) is 0 Å². The Morgan fingerprint density at radius 1 is 1.18 bits per heavy atom. The lowest BCUT2D eigenvalue weighted by molar-refractivity contribution is 0.205. The van der Waals surface area contributed by atoms with E-state index in [1.54, 1.807) is 19.2 Å². The molecule has 4 nitrogen and oxygen atoms in total. The maximum atomic E-state index is 8.72. The maximum Gasteiger partial charge on any atom is 0.0991 e. The third-order valence-corrected chi connectivity index (χ3v) is 2.42. The molecule has 0 amide bonds. The van der Waals surface area contributed by atoms with E-state index in [0.717, 1.165) is 12.2 Å². The van der Waals surface area contributed by atoms with Gasteiger partial charge in [0.2, 0.25) is 0 Å². The van der Waals surface area contributed by atoms with Gasteiger partial charge in [0, 0.05) is 25.9 Å². The Hall–Kier alpha value is -2.04. The molecule has 17 heavy (non-hydrogen) atoms. The van der Waals surface area contributed by atoms with Crippen molar-refractivity contribution >= 4 is 5.69 Å². The average Bonchev–Trinajstić information content (AvgIpc) is 2.39. The summed E-state index contributed by atoms with van der Waals surface area (Å²) in [4.78, 5) is 2.08. The first-order chi connectivity index (χ1) is 8.31. The number of hydrogen-bond acceptors (Lipinski definition) is 4. The molecule has 0 saturated heterocycles. The van der Waals surface area contributed by atoms with Gasteiger partial charge in [-0.3, -0.25) is 0 Å². The highest BCUT2D eigenvalue weighted by atomic mass is 16.5. The molecule has 0 aromatic heterocycles. The second-order valence-corrected chi connectivity index (χ2v) is 3.55. The van der Waals surface area contributed by atoms with Crippen molar-refractivity contribution in [1.82, 2.24) is 0 Å². The molecule has 0 bridgehead atoms. The summed E-state index contributed by atoms with van der Waals surface area (Å²) >= 11 is 0. The average molecular weight is 229 g/mol. The van der Waals surface area contributed by atoms with Crippen LogP contribution in [0.1, 0.15) is 12.0 Å². The van der Waals surface area contributed by atoms with Crippen LogP contribution in [0.3, 0.4) is 0 Å². The van der Waals surface area contributed by atoms with Gasteiger partial charge in [0.25, 0.3) is 0 Å². The summed E-state index contributed by atoms with van der Waals surface area (Å²) in [5, 5.41) is 17.3. The quantitative estimate of drug-likeness (QED) is 0.747. The fourth-order valence-corrected chi connectivity index (χ4v) is 1.50. The smallest absolute Gasteiger partial charge is 0.0991 e. The third-order valence-electron chi connectivity index (χ3n) is 2.42. The topological polar surface area (TPSA) is 60.0 Å². The summed E-state index contributed by atoms with van der Waals surface area (Å²) in [6.45, 7) is 2.03. The van der Waals surface area contributed by atoms with Crippen LogP contribution in [0, 0.1) is 22.7 Å². The lowest BCUT2D eigenvalue weighted by Gasteiger charge is -2.23. The van der Waals surface area contributed by atoms with Crippen LogP contribution in [-0.2, 0) is 4.74 Å². The van der Waals surface area contributed by atoms with Crippen LogP contribution in [0.25, 0.3) is 0 Å². The van der Waals surface area contributed by atoms with Crippen molar-refractivity contribution in [2.75, 3.05) is 31.7 Å². The summed E-state index contributed by atoms with van der Waals surface area (Å²) in [5.41, 5.74) is 1.65. The zero-order chi connectivity index (χ0) is 12.5. The van der Waals surface area contributed by atoms with Gasteiger partial charge in [-0.2, -0.15) is 10.5 Å². The number of anilines is 1. The summed E-state index contributed by atoms with van der Waals surface area (Å²) in [6, 6.07) is 11.6. The van der Waals surface area contributed by atoms with E-state index in [4.69, 9.17) is 15.3 Å². The normalized spacial score (nSPS) is 9.35. The standard InChI is InChI=1S/C13H15N3O/c1-17-10-9-16(8-2-7-14)13-5-3-12(11-15)4-6-13/h3-6H,2,8-10H2,1H3. The molecular weight excluding hydrogens is 214 g/mol. The fourth-order valence-electron chi connectivity index (χ4n) is 1.50. The fraction of sp³-hybridized carbons (Fsp3) is 0.385. The Balaban J connectivity index is 2.73. The molecule has 0 aliphatic heterocycles. The Morgan fingerprint density at radius 3 is 2.41 bits per heavy atom. The molecule has 0 unspecified atom stereocenters. The predicted molar refractivity (Wildman–Crippen MR) is 65.5 cm³/mol. The van der Waals surface area contributed by atoms with E-state index in [1.165, 1.54) is 0 Å². The zero-order valence-electron chi connectivity index (χ0n) is 9.89. The molecule has 0 N–H and O–H groups in total. The van der Waals surface area contributed by atoms with Crippen LogP contribution in [0.15, 0.2) is 24.3 Å². The van der Waals surface area contributed by atoms with E-state index in [2.05, 4.69) is 17.0 Å². The van der Waals surface area contributed by atoms with E-state index >= 15 is 0 Å². The van der Waals surface area contributed by atoms with Crippen molar-refractivity contribution < 1.29 is 4.74 Å². The van der Waals surface area contributed by atoms with E-state index in [9.17, 15) is 0 Å². The van der Waals surface area contributed by atoms with Gasteiger partial charge in [-0.1, -0.05) is 0 Å². The summed E-state index contributed by atoms with van der Waals surface area (Å²) in [7, 11) is 1.65. The van der Waals surface area contributed by atoms with Crippen LogP contribution in [0.5, 0.6) is 0 Å². The molecule has 0 fully saturated rings. The van der Waals surface area contributed by atoms with Crippen LogP contribution in [0.4, 0.5) is 5.69 Å². The summed E-state index contributed by atoms with van der Waals surface area (Å²) in [6.07, 6.45) is 0.476. The van der Waals surface area contributed by atoms with E-state index in [-0.39, 0.29) is 0 Å². The number of ether oxygens (including phenoxy) is 1. The van der Waals surface area contributed by atoms with Crippen molar-refractivity contribution in [2.45, 2.75) is 6.42 Å². The maximum absolute atomic E-state index is 8.72. The van der Waals surface area contributed by atoms with Gasteiger partial charge >= 0.3 is 0 Å². The van der Waals surface area contributed by atoms with Gasteiger partial charge < -0.3 is 9.64 Å². The second kappa shape index (κ2) is 7.27. The molecule has 88 valence electrons. The van der Waals surface area contributed by atoms with Crippen molar-refractivity contribution in [3.05, 3.63) is 29.8 Å². The molecule has 1 aromatic rings. The Bertz CT molecular complexity index is 414. The van der Waals surface area contributed by atoms with Crippen molar-refractivity contribution in [3.63, 3.8) is 0 Å². The monoisotopic (exact) mass is 229 g/mol. The molecule has 0 aliphatic carbocycles. The molecule has 0 aliphatic rings. The minimum absolute atomic E-state index is 0.476. The Labute approximate surface area is 102 Å². The lowest BCUT2D eigenvalue weighted by atomic mass is 10.2. The van der Waals surface area contributed by atoms with Crippen molar-refractivity contribution in [1.29, 1.82) is 10.5 Å². The van der Waals surface area contributed by atoms with Crippen LogP contribution < -0.4 is 4.90 Å². The number of methoxy groups -OCH3 is 1. The first kappa shape index (κ1) is 13.0. The third kappa shape index (κ3) is 4.14. The Morgan fingerprint density at radius 2 is 1.88 bits per heavy atom. The van der Waals surface area contributed by atoms with Gasteiger partial charge in [-0.05, 0) is 24.3 Å². The molecule has 0 saturated carbocycles. The van der Waals surface area contributed by atoms with Crippen LogP contribution in [-0.4, -0.2) is 26.8 Å². The molecular formula is C13H15N3O. The second-order valence-electron chi connectivity index (χ2n) is 3.55. The van der Waals surface area contributed by atoms with Gasteiger partial charge in [0.05, 0.1) is 30.7 Å². The number of nitrogens with zero attached hydrogens (tertiary/aromatic N) is 3. The lowest BCUT2D eigenvalue weighted by Crippen LogP contribution is -2.28. The van der Waals surface area contributed by atoms with Gasteiger partial charge in [-0.25, -0.2) is 0 Å². The highest BCUT2D eigenvalue weighted by molar-refractivity contribution is 5.49. The van der Waals surface area contributed by atoms with Gasteiger partial charge in [0.1, 0.15) is 0 Å². The summed E-state index contributed by atoms with van der Waals surface area (Å²) < 4.78 is 5.04. The van der Waals surface area contributed by atoms with Gasteiger partial charge in [0.15, 0.2) is 0 Å². The number of rotatable bonds is 6. The molecule has 1 rings (SSSR count). The molecule has 1 aromatic carbocycles. The minimum Gasteiger partial charge on any atom is -0.383 e. The van der Waals surface area contributed by atoms with Crippen molar-refractivity contribution in [2.24, 2.45) is 0 Å². The number of benzene rings is 1. The van der Waals surface area contributed by atoms with E-state index in [1.807, 2.05) is 12.1 Å². The van der Waals surface area contributed by atoms with E-state index < -0.39 is 0 Å². The van der Waals surface area contributed by atoms with Crippen molar-refractivity contribution in [3.8, 4) is 12.1 Å². The first-order valence-corrected chi connectivity index (χ1v) is 5.43. The highest BCUT2D eigenvalue weighted by Gasteiger charge is 2.05. The van der Waals surface area contributed by atoms with Gasteiger partial charge in [-0.15, -0.1) is 0 Å². The predicted octanol–water partition coefficient (Wildman–Crippen LogP) is 1.92. The molecule has 0 radical (unpaired) electrons. The molecule has 0 heterocycles. The molecule has 0 atom stereocenters. The van der Waals surface area contributed by atoms with E-state index in [0.29, 0.717) is 25.1 Å². The SMILES string of the molecule is COCCN(CCC#N)c1ccc(C#N)cc1. The number of hydrogen-bond donors (Lipinski definition) is 0. The first-order valence-electron chi connectivity index (χ1n) is 5.43. The molecule has 0 spiro atoms. The summed E-state index contributed by atoms with van der Waals surface area (Å²) in [5.74, 6) is 0. The highest BCUT2D eigenvalue weighted by Crippen LogP contribution is 2.15. The zero-order valence-corrected chi connectivity index (χ0v) is 9.89. The number of nitriles is 2.